The monoisotopic (exact) mass is 1160 g/mol. The predicted molar refractivity (Wildman–Crippen MR) is 379 cm³/mol. The molecule has 6 nitrogen and oxygen atoms in total. The Labute approximate surface area is 525 Å². The van der Waals surface area contributed by atoms with E-state index in [1.54, 1.807) is 0 Å². The number of benzene rings is 12. The number of nitrogens with zero attached hydrogens (tertiary/aromatic N) is 5. The third kappa shape index (κ3) is 8.54. The molecule has 0 radical (unpaired) electrons. The number of hydrogen-bond donors (Lipinski definition) is 0. The lowest BCUT2D eigenvalue weighted by Gasteiger charge is -2.45. The molecule has 12 aromatic carbocycles. The molecular formula is C80H61B2N5OS. The van der Waals surface area contributed by atoms with Crippen molar-refractivity contribution in [2.75, 3.05) is 24.5 Å². The van der Waals surface area contributed by atoms with Gasteiger partial charge in [-0.2, -0.15) is 0 Å². The zero-order valence-electron chi connectivity index (χ0n) is 50.3. The zero-order chi connectivity index (χ0) is 59.6. The summed E-state index contributed by atoms with van der Waals surface area (Å²) >= 11 is 1.94. The van der Waals surface area contributed by atoms with Crippen molar-refractivity contribution in [2.45, 2.75) is 40.0 Å². The molecule has 0 N–H and O–H groups in total. The minimum atomic E-state index is -0.175. The Morgan fingerprint density at radius 1 is 0.360 bits per heavy atom. The Kier molecular flexibility index (Phi) is 12.2. The Hall–Kier alpha value is -10.5. The average molecular weight is 1160 g/mol. The fourth-order valence-corrected chi connectivity index (χ4v) is 15.7. The SMILES string of the molecule is Cc1ccc(N(c2ccc(C)cc2)c2cc3c4c(c2)N(c2ccccc2)c2ccccc2B4c2cc4c(cc2O3)N(c2ccccc2)c2cc(N(c3ccccc3)c3ccccc3)cc3c2B4c2sc4ccc(C(C)(C)C)cc4c2N3c2ccccc2)cc1. The molecule has 0 saturated carbocycles. The summed E-state index contributed by atoms with van der Waals surface area (Å²) in [6.45, 7) is 11.0. The van der Waals surface area contributed by atoms with E-state index in [0.717, 1.165) is 102 Å². The van der Waals surface area contributed by atoms with Gasteiger partial charge in [0.2, 0.25) is 0 Å². The fraction of sp³-hybridized carbons (Fsp3) is 0.0750. The van der Waals surface area contributed by atoms with Gasteiger partial charge in [-0.3, -0.25) is 0 Å². The number of fused-ring (bicyclic) bond motifs is 10. The molecule has 4 aliphatic heterocycles. The third-order valence-electron chi connectivity index (χ3n) is 18.5. The highest BCUT2D eigenvalue weighted by Crippen LogP contribution is 2.53. The van der Waals surface area contributed by atoms with Gasteiger partial charge in [-0.15, -0.1) is 11.3 Å². The van der Waals surface area contributed by atoms with Crippen LogP contribution in [0.3, 0.4) is 0 Å². The molecule has 0 amide bonds. The van der Waals surface area contributed by atoms with Crippen molar-refractivity contribution >= 4 is 152 Å². The van der Waals surface area contributed by atoms with Crippen LogP contribution < -0.4 is 61.3 Å². The first kappa shape index (κ1) is 52.8. The lowest BCUT2D eigenvalue weighted by Crippen LogP contribution is -2.64. The molecule has 1 aromatic heterocycles. The van der Waals surface area contributed by atoms with E-state index >= 15 is 0 Å². The van der Waals surface area contributed by atoms with Crippen LogP contribution in [0.15, 0.2) is 279 Å². The molecule has 13 aromatic rings. The number of anilines is 15. The number of rotatable bonds is 9. The largest absolute Gasteiger partial charge is 0.458 e. The Morgan fingerprint density at radius 3 is 1.39 bits per heavy atom. The second-order valence-electron chi connectivity index (χ2n) is 25.1. The predicted octanol–water partition coefficient (Wildman–Crippen LogP) is 18.2. The summed E-state index contributed by atoms with van der Waals surface area (Å²) in [5.41, 5.74) is 26.1. The van der Waals surface area contributed by atoms with Gasteiger partial charge in [-0.1, -0.05) is 177 Å². The molecule has 4 aliphatic rings. The van der Waals surface area contributed by atoms with E-state index in [2.05, 4.69) is 338 Å². The number of ether oxygens (including phenoxy) is 1. The van der Waals surface area contributed by atoms with Crippen LogP contribution in [0.2, 0.25) is 0 Å². The van der Waals surface area contributed by atoms with E-state index in [-0.39, 0.29) is 18.8 Å². The highest BCUT2D eigenvalue weighted by Gasteiger charge is 2.49. The van der Waals surface area contributed by atoms with Crippen LogP contribution in [0.4, 0.5) is 85.3 Å². The van der Waals surface area contributed by atoms with E-state index in [1.807, 2.05) is 11.3 Å². The molecule has 89 heavy (non-hydrogen) atoms. The first-order valence-corrected chi connectivity index (χ1v) is 31.7. The Balaban J connectivity index is 0.971. The van der Waals surface area contributed by atoms with Gasteiger partial charge in [0.25, 0.3) is 13.4 Å². The normalized spacial score (nSPS) is 13.2. The second kappa shape index (κ2) is 20.6. The lowest BCUT2D eigenvalue weighted by molar-refractivity contribution is 0.488. The van der Waals surface area contributed by atoms with E-state index in [0.29, 0.717) is 0 Å². The molecule has 0 unspecified atom stereocenters. The Morgan fingerprint density at radius 2 is 0.831 bits per heavy atom. The van der Waals surface area contributed by atoms with Gasteiger partial charge in [-0.05, 0) is 173 Å². The van der Waals surface area contributed by atoms with Crippen LogP contribution in [-0.4, -0.2) is 13.4 Å². The average Bonchev–Trinajstić information content (AvgIpc) is 1.65. The zero-order valence-corrected chi connectivity index (χ0v) is 51.1. The summed E-state index contributed by atoms with van der Waals surface area (Å²) in [5, 5.41) is 1.26. The van der Waals surface area contributed by atoms with Gasteiger partial charge < -0.3 is 29.2 Å². The highest BCUT2D eigenvalue weighted by molar-refractivity contribution is 7.33. The van der Waals surface area contributed by atoms with E-state index < -0.39 is 0 Å². The van der Waals surface area contributed by atoms with Crippen LogP contribution >= 0.6 is 11.3 Å². The number of thiophene rings is 1. The van der Waals surface area contributed by atoms with Crippen LogP contribution in [-0.2, 0) is 5.41 Å². The Bertz CT molecular complexity index is 4820. The maximum Gasteiger partial charge on any atom is 0.264 e. The number of hydrogen-bond acceptors (Lipinski definition) is 7. The van der Waals surface area contributed by atoms with Crippen molar-refractivity contribution in [2.24, 2.45) is 0 Å². The van der Waals surface area contributed by atoms with Gasteiger partial charge in [0.1, 0.15) is 11.5 Å². The molecule has 5 heterocycles. The molecule has 0 aliphatic carbocycles. The molecule has 0 saturated heterocycles. The van der Waals surface area contributed by atoms with Crippen LogP contribution in [0.5, 0.6) is 11.5 Å². The maximum absolute atomic E-state index is 7.79. The summed E-state index contributed by atoms with van der Waals surface area (Å²) in [5.74, 6) is 1.68. The molecule has 0 bridgehead atoms. The van der Waals surface area contributed by atoms with Gasteiger partial charge in [0.05, 0.1) is 17.1 Å². The van der Waals surface area contributed by atoms with Crippen molar-refractivity contribution in [3.63, 3.8) is 0 Å². The van der Waals surface area contributed by atoms with Crippen molar-refractivity contribution in [3.05, 3.63) is 296 Å². The summed E-state index contributed by atoms with van der Waals surface area (Å²) in [6, 6.07) is 103. The highest BCUT2D eigenvalue weighted by atomic mass is 32.1. The lowest BCUT2D eigenvalue weighted by atomic mass is 9.31. The molecule has 424 valence electrons. The molecular weight excluding hydrogens is 1100 g/mol. The van der Waals surface area contributed by atoms with E-state index in [9.17, 15) is 0 Å². The van der Waals surface area contributed by atoms with E-state index in [4.69, 9.17) is 4.74 Å². The summed E-state index contributed by atoms with van der Waals surface area (Å²) in [7, 11) is 0. The first-order chi connectivity index (χ1) is 43.6. The number of para-hydroxylation sites is 6. The summed E-state index contributed by atoms with van der Waals surface area (Å²) in [4.78, 5) is 12.4. The standard InChI is InChI=1S/C80H61B2N5OS/c1-52-35-40-60(41-36-52)84(61-42-37-53(2)38-43-61)63-48-72-77-74(49-63)88-73-51-69-66(50-67(73)81(77)65-33-21-22-34-68(65)85(72)57-27-15-8-16-28-57)82-76-70(86(69)58-29-17-9-18-30-58)46-62(83(55-23-11-6-12-24-55)56-25-13-7-14-26-56)47-71(76)87(59-31-19-10-20-32-59)78-64-45-54(80(3,4)5)39-44-75(64)89-79(78)82/h6-51H,1-5H3. The molecule has 9 heteroatoms. The molecule has 17 rings (SSSR count). The first-order valence-electron chi connectivity index (χ1n) is 30.9. The summed E-state index contributed by atoms with van der Waals surface area (Å²) < 4.78 is 10.4. The van der Waals surface area contributed by atoms with Gasteiger partial charge in [0.15, 0.2) is 0 Å². The van der Waals surface area contributed by atoms with E-state index in [1.165, 1.54) is 53.6 Å². The van der Waals surface area contributed by atoms with Crippen molar-refractivity contribution in [3.8, 4) is 11.5 Å². The molecule has 0 fully saturated rings. The van der Waals surface area contributed by atoms with Crippen LogP contribution in [0, 0.1) is 13.8 Å². The van der Waals surface area contributed by atoms with Crippen molar-refractivity contribution < 1.29 is 4.74 Å². The quantitative estimate of drug-likeness (QED) is 0.134. The van der Waals surface area contributed by atoms with Gasteiger partial charge >= 0.3 is 0 Å². The fourth-order valence-electron chi connectivity index (χ4n) is 14.4. The van der Waals surface area contributed by atoms with Gasteiger partial charge in [0, 0.05) is 95.2 Å². The minimum Gasteiger partial charge on any atom is -0.458 e. The van der Waals surface area contributed by atoms with Crippen LogP contribution in [0.1, 0.15) is 37.5 Å². The molecule has 0 atom stereocenters. The van der Waals surface area contributed by atoms with Crippen molar-refractivity contribution in [1.82, 2.24) is 0 Å². The minimum absolute atomic E-state index is 0.0754. The molecule has 0 spiro atoms. The second-order valence-corrected chi connectivity index (χ2v) is 26.1. The maximum atomic E-state index is 7.79. The number of aryl methyl sites for hydroxylation is 2. The third-order valence-corrected chi connectivity index (χ3v) is 19.7. The smallest absolute Gasteiger partial charge is 0.264 e. The topological polar surface area (TPSA) is 25.4 Å². The van der Waals surface area contributed by atoms with Crippen molar-refractivity contribution in [1.29, 1.82) is 0 Å². The van der Waals surface area contributed by atoms with Crippen LogP contribution in [0.25, 0.3) is 10.1 Å². The summed E-state index contributed by atoms with van der Waals surface area (Å²) in [6.07, 6.45) is 0. The van der Waals surface area contributed by atoms with Gasteiger partial charge in [-0.25, -0.2) is 0 Å².